The Kier molecular flexibility index (Phi) is 3.90. The van der Waals surface area contributed by atoms with Gasteiger partial charge >= 0.3 is 0 Å². The zero-order chi connectivity index (χ0) is 11.4. The summed E-state index contributed by atoms with van der Waals surface area (Å²) in [6.45, 7) is 3.37. The Morgan fingerprint density at radius 1 is 1.56 bits per heavy atom. The largest absolute Gasteiger partial charge is 0.393 e. The molecule has 1 fully saturated rings. The minimum Gasteiger partial charge on any atom is -0.393 e. The smallest absolute Gasteiger partial charge is 0.227 e. The fraction of sp³-hybridized carbons (Fsp3) is 0.818. The molecule has 90 valence electrons. The van der Waals surface area contributed by atoms with E-state index >= 15 is 0 Å². The quantitative estimate of drug-likeness (QED) is 0.828. The van der Waals surface area contributed by atoms with E-state index in [0.29, 0.717) is 24.1 Å². The Hall–Kier alpha value is -0.940. The van der Waals surface area contributed by atoms with Crippen molar-refractivity contribution in [1.29, 1.82) is 0 Å². The van der Waals surface area contributed by atoms with Crippen LogP contribution in [0.25, 0.3) is 0 Å². The van der Waals surface area contributed by atoms with E-state index in [1.165, 1.54) is 0 Å². The number of aliphatic hydroxyl groups is 1. The third-order valence-electron chi connectivity index (χ3n) is 2.71. The number of aromatic nitrogens is 2. The Balaban J connectivity index is 1.86. The number of nitrogens with zero attached hydrogens (tertiary/aromatic N) is 2. The summed E-state index contributed by atoms with van der Waals surface area (Å²) < 4.78 is 10.5. The first kappa shape index (κ1) is 11.5. The first-order valence-electron chi connectivity index (χ1n) is 5.81. The molecule has 5 nitrogen and oxygen atoms in total. The summed E-state index contributed by atoms with van der Waals surface area (Å²) >= 11 is 0. The van der Waals surface area contributed by atoms with E-state index in [9.17, 15) is 5.11 Å². The lowest BCUT2D eigenvalue weighted by Gasteiger charge is -2.20. The molecule has 0 spiro atoms. The molecule has 1 aliphatic rings. The standard InChI is InChI=1S/C11H18N2O3/c1-8(14)5-10-12-11(16-13-10)6-9-3-2-4-15-7-9/h8-9,14H,2-7H2,1H3. The van der Waals surface area contributed by atoms with Crippen LogP contribution in [0, 0.1) is 5.92 Å². The second-order valence-corrected chi connectivity index (χ2v) is 4.44. The fourth-order valence-corrected chi connectivity index (χ4v) is 1.94. The third kappa shape index (κ3) is 3.28. The highest BCUT2D eigenvalue weighted by atomic mass is 16.5. The third-order valence-corrected chi connectivity index (χ3v) is 2.71. The van der Waals surface area contributed by atoms with Crippen LogP contribution in [0.3, 0.4) is 0 Å². The molecule has 2 atom stereocenters. The van der Waals surface area contributed by atoms with E-state index in [-0.39, 0.29) is 0 Å². The van der Waals surface area contributed by atoms with Crippen molar-refractivity contribution in [2.24, 2.45) is 5.92 Å². The maximum absolute atomic E-state index is 9.19. The number of aliphatic hydroxyl groups excluding tert-OH is 1. The van der Waals surface area contributed by atoms with Gasteiger partial charge in [-0.3, -0.25) is 0 Å². The molecular formula is C11H18N2O3. The molecule has 0 radical (unpaired) electrons. The molecule has 1 aromatic heterocycles. The highest BCUT2D eigenvalue weighted by Crippen LogP contribution is 2.18. The second kappa shape index (κ2) is 5.41. The van der Waals surface area contributed by atoms with Gasteiger partial charge in [-0.1, -0.05) is 5.16 Å². The van der Waals surface area contributed by atoms with Crippen LogP contribution in [0.15, 0.2) is 4.52 Å². The van der Waals surface area contributed by atoms with Gasteiger partial charge in [0, 0.05) is 26.1 Å². The monoisotopic (exact) mass is 226 g/mol. The fourth-order valence-electron chi connectivity index (χ4n) is 1.94. The molecule has 1 N–H and O–H groups in total. The average molecular weight is 226 g/mol. The first-order chi connectivity index (χ1) is 7.74. The van der Waals surface area contributed by atoms with Gasteiger partial charge in [-0.05, 0) is 25.7 Å². The minimum atomic E-state index is -0.427. The summed E-state index contributed by atoms with van der Waals surface area (Å²) in [6.07, 6.45) is 3.08. The Morgan fingerprint density at radius 2 is 2.44 bits per heavy atom. The summed E-state index contributed by atoms with van der Waals surface area (Å²) in [5.41, 5.74) is 0. The van der Waals surface area contributed by atoms with Crippen molar-refractivity contribution < 1.29 is 14.4 Å². The zero-order valence-electron chi connectivity index (χ0n) is 9.56. The van der Waals surface area contributed by atoms with Crippen molar-refractivity contribution in [2.45, 2.75) is 38.7 Å². The summed E-state index contributed by atoms with van der Waals surface area (Å²) in [6, 6.07) is 0. The molecule has 5 heteroatoms. The van der Waals surface area contributed by atoms with E-state index in [4.69, 9.17) is 9.26 Å². The van der Waals surface area contributed by atoms with Gasteiger partial charge in [-0.25, -0.2) is 0 Å². The van der Waals surface area contributed by atoms with Gasteiger partial charge in [0.1, 0.15) is 0 Å². The maximum Gasteiger partial charge on any atom is 0.227 e. The minimum absolute atomic E-state index is 0.427. The van der Waals surface area contributed by atoms with E-state index in [1.807, 2.05) is 0 Å². The molecule has 1 saturated heterocycles. The van der Waals surface area contributed by atoms with Crippen molar-refractivity contribution in [1.82, 2.24) is 10.1 Å². The normalized spacial score (nSPS) is 23.2. The molecule has 0 aromatic carbocycles. The zero-order valence-corrected chi connectivity index (χ0v) is 9.56. The lowest BCUT2D eigenvalue weighted by molar-refractivity contribution is 0.0520. The van der Waals surface area contributed by atoms with E-state index in [2.05, 4.69) is 10.1 Å². The highest BCUT2D eigenvalue weighted by molar-refractivity contribution is 4.89. The first-order valence-corrected chi connectivity index (χ1v) is 5.81. The topological polar surface area (TPSA) is 68.4 Å². The second-order valence-electron chi connectivity index (χ2n) is 4.44. The number of hydrogen-bond acceptors (Lipinski definition) is 5. The molecule has 1 aromatic rings. The van der Waals surface area contributed by atoms with Crippen LogP contribution in [-0.2, 0) is 17.6 Å². The Bertz CT molecular complexity index is 319. The van der Waals surface area contributed by atoms with Crippen molar-refractivity contribution in [3.8, 4) is 0 Å². The van der Waals surface area contributed by atoms with Gasteiger partial charge in [-0.15, -0.1) is 0 Å². The molecule has 1 aliphatic heterocycles. The van der Waals surface area contributed by atoms with Crippen molar-refractivity contribution in [3.05, 3.63) is 11.7 Å². The van der Waals surface area contributed by atoms with E-state index in [0.717, 1.165) is 32.5 Å². The van der Waals surface area contributed by atoms with Gasteiger partial charge in [0.05, 0.1) is 6.10 Å². The molecule has 0 amide bonds. The van der Waals surface area contributed by atoms with Crippen LogP contribution in [-0.4, -0.2) is 34.6 Å². The molecule has 2 rings (SSSR count). The van der Waals surface area contributed by atoms with Gasteiger partial charge in [0.25, 0.3) is 0 Å². The van der Waals surface area contributed by atoms with Gasteiger partial charge in [-0.2, -0.15) is 4.98 Å². The van der Waals surface area contributed by atoms with Crippen molar-refractivity contribution in [3.63, 3.8) is 0 Å². The average Bonchev–Trinajstić information content (AvgIpc) is 2.66. The maximum atomic E-state index is 9.19. The summed E-state index contributed by atoms with van der Waals surface area (Å²) in [4.78, 5) is 4.25. The SMILES string of the molecule is CC(O)Cc1noc(CC2CCCOC2)n1. The van der Waals surface area contributed by atoms with Gasteiger partial charge in [0.15, 0.2) is 5.82 Å². The molecule has 0 saturated carbocycles. The number of ether oxygens (including phenoxy) is 1. The van der Waals surface area contributed by atoms with Crippen LogP contribution in [0.2, 0.25) is 0 Å². The predicted molar refractivity (Wildman–Crippen MR) is 56.9 cm³/mol. The summed E-state index contributed by atoms with van der Waals surface area (Å²) in [5, 5.41) is 13.0. The van der Waals surface area contributed by atoms with Crippen LogP contribution in [0.1, 0.15) is 31.5 Å². The van der Waals surface area contributed by atoms with Crippen LogP contribution in [0.4, 0.5) is 0 Å². The van der Waals surface area contributed by atoms with Crippen LogP contribution < -0.4 is 0 Å². The van der Waals surface area contributed by atoms with E-state index in [1.54, 1.807) is 6.92 Å². The molecular weight excluding hydrogens is 208 g/mol. The van der Waals surface area contributed by atoms with Crippen LogP contribution >= 0.6 is 0 Å². The molecule has 2 heterocycles. The number of rotatable bonds is 4. The lowest BCUT2D eigenvalue weighted by Crippen LogP contribution is -2.19. The molecule has 16 heavy (non-hydrogen) atoms. The van der Waals surface area contributed by atoms with E-state index < -0.39 is 6.10 Å². The van der Waals surface area contributed by atoms with Crippen molar-refractivity contribution >= 4 is 0 Å². The van der Waals surface area contributed by atoms with Gasteiger partial charge in [0.2, 0.25) is 5.89 Å². The van der Waals surface area contributed by atoms with Crippen molar-refractivity contribution in [2.75, 3.05) is 13.2 Å². The Morgan fingerprint density at radius 3 is 3.12 bits per heavy atom. The molecule has 0 bridgehead atoms. The lowest BCUT2D eigenvalue weighted by atomic mass is 9.99. The van der Waals surface area contributed by atoms with Crippen LogP contribution in [0.5, 0.6) is 0 Å². The van der Waals surface area contributed by atoms with Gasteiger partial charge < -0.3 is 14.4 Å². The summed E-state index contributed by atoms with van der Waals surface area (Å²) in [7, 11) is 0. The summed E-state index contributed by atoms with van der Waals surface area (Å²) in [5.74, 6) is 1.74. The molecule has 2 unspecified atom stereocenters. The Labute approximate surface area is 94.8 Å². The predicted octanol–water partition coefficient (Wildman–Crippen LogP) is 0.962. The highest BCUT2D eigenvalue weighted by Gasteiger charge is 2.18. The molecule has 0 aliphatic carbocycles. The number of hydrogen-bond donors (Lipinski definition) is 1.